The van der Waals surface area contributed by atoms with Gasteiger partial charge in [-0.25, -0.2) is 4.98 Å². The second-order valence-electron chi connectivity index (χ2n) is 7.77. The van der Waals surface area contributed by atoms with Gasteiger partial charge in [0, 0.05) is 57.1 Å². The highest BCUT2D eigenvalue weighted by atomic mass is 16.2. The van der Waals surface area contributed by atoms with Crippen LogP contribution in [0.25, 0.3) is 6.08 Å². The molecule has 2 aliphatic rings. The molecule has 0 unspecified atom stereocenters. The number of piperazine rings is 1. The zero-order valence-corrected chi connectivity index (χ0v) is 17.1. The van der Waals surface area contributed by atoms with Crippen molar-refractivity contribution in [3.63, 3.8) is 0 Å². The molecule has 0 bridgehead atoms. The highest BCUT2D eigenvalue weighted by Crippen LogP contribution is 2.21. The van der Waals surface area contributed by atoms with E-state index in [0.29, 0.717) is 13.1 Å². The molecule has 0 radical (unpaired) electrons. The molecule has 2 fully saturated rings. The monoisotopic (exact) mass is 391 g/mol. The quantitative estimate of drug-likeness (QED) is 0.750. The van der Waals surface area contributed by atoms with Crippen molar-refractivity contribution in [2.24, 2.45) is 0 Å². The highest BCUT2D eigenvalue weighted by Gasteiger charge is 2.22. The van der Waals surface area contributed by atoms with E-state index in [2.05, 4.69) is 20.9 Å². The van der Waals surface area contributed by atoms with Crippen LogP contribution >= 0.6 is 0 Å². The van der Waals surface area contributed by atoms with Gasteiger partial charge in [-0.2, -0.15) is 4.98 Å². The number of aryl methyl sites for hydroxylation is 1. The number of anilines is 2. The molecule has 0 saturated carbocycles. The van der Waals surface area contributed by atoms with Gasteiger partial charge in [-0.05, 0) is 37.8 Å². The van der Waals surface area contributed by atoms with E-state index in [-0.39, 0.29) is 5.91 Å². The van der Waals surface area contributed by atoms with Gasteiger partial charge in [0.05, 0.1) is 0 Å². The van der Waals surface area contributed by atoms with Crippen LogP contribution in [-0.4, -0.2) is 60.0 Å². The first-order chi connectivity index (χ1) is 14.2. The summed E-state index contributed by atoms with van der Waals surface area (Å²) in [4.78, 5) is 28.5. The Labute approximate surface area is 172 Å². The summed E-state index contributed by atoms with van der Waals surface area (Å²) in [6.07, 6.45) is 7.28. The third-order valence-electron chi connectivity index (χ3n) is 5.60. The van der Waals surface area contributed by atoms with Crippen LogP contribution in [0.1, 0.15) is 30.5 Å². The molecule has 6 heteroatoms. The normalized spacial score (nSPS) is 17.8. The Balaban J connectivity index is 1.37. The van der Waals surface area contributed by atoms with Crippen molar-refractivity contribution < 1.29 is 4.79 Å². The molecule has 2 aliphatic heterocycles. The van der Waals surface area contributed by atoms with Gasteiger partial charge >= 0.3 is 0 Å². The van der Waals surface area contributed by atoms with Gasteiger partial charge in [-0.3, -0.25) is 4.79 Å². The first kappa shape index (κ1) is 19.4. The van der Waals surface area contributed by atoms with Crippen LogP contribution in [0.5, 0.6) is 0 Å². The molecule has 4 rings (SSSR count). The van der Waals surface area contributed by atoms with Crippen molar-refractivity contribution in [2.75, 3.05) is 49.1 Å². The lowest BCUT2D eigenvalue weighted by Crippen LogP contribution is -2.48. The smallest absolute Gasteiger partial charge is 0.246 e. The summed E-state index contributed by atoms with van der Waals surface area (Å²) in [6, 6.07) is 12.0. The van der Waals surface area contributed by atoms with E-state index in [0.717, 1.165) is 49.2 Å². The average Bonchev–Trinajstić information content (AvgIpc) is 2.78. The van der Waals surface area contributed by atoms with Gasteiger partial charge < -0.3 is 14.7 Å². The number of carbonyl (C=O) groups is 1. The van der Waals surface area contributed by atoms with E-state index in [4.69, 9.17) is 4.98 Å². The Morgan fingerprint density at radius 3 is 2.34 bits per heavy atom. The number of nitrogens with zero attached hydrogens (tertiary/aromatic N) is 5. The predicted molar refractivity (Wildman–Crippen MR) is 117 cm³/mol. The van der Waals surface area contributed by atoms with Crippen LogP contribution in [0.15, 0.2) is 42.5 Å². The number of piperidine rings is 1. The number of rotatable bonds is 4. The van der Waals surface area contributed by atoms with Crippen LogP contribution in [0.2, 0.25) is 0 Å². The number of hydrogen-bond acceptors (Lipinski definition) is 5. The maximum Gasteiger partial charge on any atom is 0.246 e. The maximum atomic E-state index is 12.5. The summed E-state index contributed by atoms with van der Waals surface area (Å²) in [6.45, 7) is 7.12. The Morgan fingerprint density at radius 2 is 1.62 bits per heavy atom. The van der Waals surface area contributed by atoms with Gasteiger partial charge in [0.25, 0.3) is 0 Å². The van der Waals surface area contributed by atoms with Crippen LogP contribution < -0.4 is 9.80 Å². The van der Waals surface area contributed by atoms with Crippen LogP contribution in [0.4, 0.5) is 11.8 Å². The van der Waals surface area contributed by atoms with Crippen molar-refractivity contribution in [3.05, 3.63) is 53.7 Å². The number of aromatic nitrogens is 2. The predicted octanol–water partition coefficient (Wildman–Crippen LogP) is 3.14. The standard InChI is InChI=1S/C23H29N5O/c1-19-18-21(25-23(24-19)28-12-6-3-7-13-28)26-14-16-27(17-15-26)22(29)11-10-20-8-4-2-5-9-20/h2,4-5,8-11,18H,3,6-7,12-17H2,1H3/b11-10+. The molecule has 1 amide bonds. The van der Waals surface area contributed by atoms with E-state index in [1.165, 1.54) is 19.3 Å². The molecule has 0 aliphatic carbocycles. The minimum absolute atomic E-state index is 0.0707. The van der Waals surface area contributed by atoms with Crippen LogP contribution in [-0.2, 0) is 4.79 Å². The molecule has 6 nitrogen and oxygen atoms in total. The molecule has 0 N–H and O–H groups in total. The van der Waals surface area contributed by atoms with Crippen molar-refractivity contribution in [1.29, 1.82) is 0 Å². The average molecular weight is 392 g/mol. The maximum absolute atomic E-state index is 12.5. The first-order valence-corrected chi connectivity index (χ1v) is 10.6. The van der Waals surface area contributed by atoms with Gasteiger partial charge in [0.1, 0.15) is 5.82 Å². The lowest BCUT2D eigenvalue weighted by atomic mass is 10.1. The fourth-order valence-electron chi connectivity index (χ4n) is 3.93. The molecule has 1 aromatic heterocycles. The van der Waals surface area contributed by atoms with E-state index in [1.54, 1.807) is 6.08 Å². The topological polar surface area (TPSA) is 52.6 Å². The lowest BCUT2D eigenvalue weighted by Gasteiger charge is -2.35. The Kier molecular flexibility index (Phi) is 6.08. The SMILES string of the molecule is Cc1cc(N2CCN(C(=O)/C=C/c3ccccc3)CC2)nc(N2CCCCC2)n1. The third kappa shape index (κ3) is 4.94. The van der Waals surface area contributed by atoms with Gasteiger partial charge in [0.2, 0.25) is 11.9 Å². The number of carbonyl (C=O) groups excluding carboxylic acids is 1. The minimum Gasteiger partial charge on any atom is -0.353 e. The van der Waals surface area contributed by atoms with E-state index in [9.17, 15) is 4.79 Å². The molecular formula is C23H29N5O. The zero-order valence-electron chi connectivity index (χ0n) is 17.1. The van der Waals surface area contributed by atoms with Crippen molar-refractivity contribution in [3.8, 4) is 0 Å². The summed E-state index contributed by atoms with van der Waals surface area (Å²) in [5, 5.41) is 0. The zero-order chi connectivity index (χ0) is 20.1. The fraction of sp³-hybridized carbons (Fsp3) is 0.435. The van der Waals surface area contributed by atoms with Crippen LogP contribution in [0, 0.1) is 6.92 Å². The summed E-state index contributed by atoms with van der Waals surface area (Å²) < 4.78 is 0. The summed E-state index contributed by atoms with van der Waals surface area (Å²) in [5.41, 5.74) is 2.04. The van der Waals surface area contributed by atoms with Gasteiger partial charge in [-0.15, -0.1) is 0 Å². The Bertz CT molecular complexity index is 853. The fourth-order valence-corrected chi connectivity index (χ4v) is 3.93. The highest BCUT2D eigenvalue weighted by molar-refractivity contribution is 5.91. The molecule has 152 valence electrons. The summed E-state index contributed by atoms with van der Waals surface area (Å²) in [7, 11) is 0. The summed E-state index contributed by atoms with van der Waals surface area (Å²) >= 11 is 0. The van der Waals surface area contributed by atoms with Gasteiger partial charge in [0.15, 0.2) is 0 Å². The Hall–Kier alpha value is -2.89. The van der Waals surface area contributed by atoms with Crippen molar-refractivity contribution in [1.82, 2.24) is 14.9 Å². The van der Waals surface area contributed by atoms with Gasteiger partial charge in [-0.1, -0.05) is 30.3 Å². The summed E-state index contributed by atoms with van der Waals surface area (Å²) in [5.74, 6) is 1.90. The van der Waals surface area contributed by atoms with Crippen molar-refractivity contribution >= 4 is 23.7 Å². The van der Waals surface area contributed by atoms with Crippen LogP contribution in [0.3, 0.4) is 0 Å². The van der Waals surface area contributed by atoms with E-state index < -0.39 is 0 Å². The second kappa shape index (κ2) is 9.07. The molecule has 2 aromatic rings. The molecule has 1 aromatic carbocycles. The largest absolute Gasteiger partial charge is 0.353 e. The first-order valence-electron chi connectivity index (χ1n) is 10.6. The molecule has 29 heavy (non-hydrogen) atoms. The molecule has 3 heterocycles. The molecule has 2 saturated heterocycles. The van der Waals surface area contributed by atoms with E-state index in [1.807, 2.05) is 48.2 Å². The lowest BCUT2D eigenvalue weighted by molar-refractivity contribution is -0.126. The number of amides is 1. The minimum atomic E-state index is 0.0707. The molecule has 0 atom stereocenters. The molecule has 0 spiro atoms. The Morgan fingerprint density at radius 1 is 0.897 bits per heavy atom. The van der Waals surface area contributed by atoms with E-state index >= 15 is 0 Å². The molecular weight excluding hydrogens is 362 g/mol. The second-order valence-corrected chi connectivity index (χ2v) is 7.77. The van der Waals surface area contributed by atoms with Crippen molar-refractivity contribution in [2.45, 2.75) is 26.2 Å². The number of hydrogen-bond donors (Lipinski definition) is 0. The third-order valence-corrected chi connectivity index (χ3v) is 5.60. The number of benzene rings is 1.